The van der Waals surface area contributed by atoms with E-state index in [1.807, 2.05) is 12.3 Å². The van der Waals surface area contributed by atoms with E-state index >= 15 is 0 Å². The van der Waals surface area contributed by atoms with Gasteiger partial charge in [-0.15, -0.1) is 0 Å². The van der Waals surface area contributed by atoms with Crippen LogP contribution in [0.2, 0.25) is 0 Å². The van der Waals surface area contributed by atoms with Crippen LogP contribution in [0.5, 0.6) is 0 Å². The molecule has 3 unspecified atom stereocenters. The van der Waals surface area contributed by atoms with Crippen LogP contribution in [-0.2, 0) is 20.8 Å². The van der Waals surface area contributed by atoms with Crippen LogP contribution < -0.4 is 11.5 Å². The van der Waals surface area contributed by atoms with Gasteiger partial charge in [0.05, 0.1) is 17.6 Å². The number of nitrogens with zero attached hydrogens (tertiary/aromatic N) is 2. The summed E-state index contributed by atoms with van der Waals surface area (Å²) in [4.78, 5) is 53.4. The predicted octanol–water partition coefficient (Wildman–Crippen LogP) is 2.74. The van der Waals surface area contributed by atoms with E-state index in [1.165, 1.54) is 16.3 Å². The number of aliphatic carboxylic acids is 1. The number of carbonyl (C=O) groups is 4. The number of nitrogens with two attached hydrogens (primary N) is 2. The fraction of sp³-hybridized carbons (Fsp3) is 0.357. The van der Waals surface area contributed by atoms with Gasteiger partial charge in [-0.2, -0.15) is 11.8 Å². The second kappa shape index (κ2) is 12.9. The van der Waals surface area contributed by atoms with Crippen molar-refractivity contribution in [3.05, 3.63) is 71.9 Å². The van der Waals surface area contributed by atoms with E-state index in [0.29, 0.717) is 27.8 Å². The molecule has 3 atom stereocenters. The van der Waals surface area contributed by atoms with Crippen molar-refractivity contribution in [2.75, 3.05) is 12.0 Å². The van der Waals surface area contributed by atoms with Crippen molar-refractivity contribution in [3.63, 3.8) is 0 Å². The van der Waals surface area contributed by atoms with Gasteiger partial charge in [-0.05, 0) is 48.1 Å². The van der Waals surface area contributed by atoms with Gasteiger partial charge in [-0.1, -0.05) is 50.2 Å². The maximum Gasteiger partial charge on any atom is 0.327 e. The van der Waals surface area contributed by atoms with Crippen LogP contribution >= 0.6 is 11.8 Å². The molecule has 0 aliphatic carbocycles. The highest BCUT2D eigenvalue weighted by Gasteiger charge is 2.40. The Morgan fingerprint density at radius 1 is 0.974 bits per heavy atom. The number of aromatic nitrogens is 1. The summed E-state index contributed by atoms with van der Waals surface area (Å²) in [6.45, 7) is 3.44. The Labute approximate surface area is 226 Å². The zero-order valence-electron chi connectivity index (χ0n) is 21.7. The van der Waals surface area contributed by atoms with Gasteiger partial charge in [0.15, 0.2) is 0 Å². The molecule has 1 aromatic heterocycles. The van der Waals surface area contributed by atoms with Gasteiger partial charge in [-0.3, -0.25) is 23.9 Å². The first kappa shape index (κ1) is 29.1. The van der Waals surface area contributed by atoms with Crippen molar-refractivity contribution in [2.24, 2.45) is 17.4 Å². The molecule has 3 rings (SSSR count). The lowest BCUT2D eigenvalue weighted by Gasteiger charge is -2.32. The van der Waals surface area contributed by atoms with E-state index in [0.717, 1.165) is 4.90 Å². The minimum absolute atomic E-state index is 0.220. The average Bonchev–Trinajstić information content (AvgIpc) is 3.28. The predicted molar refractivity (Wildman–Crippen MR) is 149 cm³/mol. The number of rotatable bonds is 11. The standard InChI is InChI=1S/C28H34N4O5S/c1-17(2)24(30)27(35)32(26(34)21(29)13-14-38-3)23(28(36)37)15-19-16-31(22-12-8-7-11-20(19)22)25(33)18-9-5-4-6-10-18/h4-12,16-17,21,23-24H,13-15,29-30H2,1-3H3,(H,36,37). The minimum atomic E-state index is -1.56. The van der Waals surface area contributed by atoms with Gasteiger partial charge in [0, 0.05) is 23.6 Å². The number of amides is 2. The molecule has 3 aromatic rings. The van der Waals surface area contributed by atoms with E-state index in [4.69, 9.17) is 11.5 Å². The molecule has 0 saturated heterocycles. The molecule has 1 heterocycles. The molecule has 0 bridgehead atoms. The molecule has 0 fully saturated rings. The Morgan fingerprint density at radius 2 is 1.61 bits per heavy atom. The molecule has 202 valence electrons. The number of imide groups is 1. The second-order valence-electron chi connectivity index (χ2n) is 9.48. The van der Waals surface area contributed by atoms with Crippen LogP contribution in [0, 0.1) is 5.92 Å². The van der Waals surface area contributed by atoms with Crippen LogP contribution in [0.25, 0.3) is 10.9 Å². The summed E-state index contributed by atoms with van der Waals surface area (Å²) in [6.07, 6.45) is 3.49. The van der Waals surface area contributed by atoms with Gasteiger partial charge in [0.2, 0.25) is 11.8 Å². The molecule has 0 saturated carbocycles. The molecule has 5 N–H and O–H groups in total. The highest BCUT2D eigenvalue weighted by atomic mass is 32.2. The molecule has 2 aromatic carbocycles. The van der Waals surface area contributed by atoms with Crippen molar-refractivity contribution >= 4 is 46.4 Å². The fourth-order valence-electron chi connectivity index (χ4n) is 4.21. The van der Waals surface area contributed by atoms with Crippen molar-refractivity contribution < 1.29 is 24.3 Å². The van der Waals surface area contributed by atoms with Crippen molar-refractivity contribution in [1.82, 2.24) is 9.47 Å². The number of thioether (sulfide) groups is 1. The molecule has 9 nitrogen and oxygen atoms in total. The monoisotopic (exact) mass is 538 g/mol. The number of carboxylic acids is 1. The number of carbonyl (C=O) groups excluding carboxylic acids is 3. The van der Waals surface area contributed by atoms with Crippen LogP contribution in [0.15, 0.2) is 60.8 Å². The smallest absolute Gasteiger partial charge is 0.327 e. The van der Waals surface area contributed by atoms with Crippen molar-refractivity contribution in [1.29, 1.82) is 0 Å². The zero-order valence-corrected chi connectivity index (χ0v) is 22.6. The molecular weight excluding hydrogens is 504 g/mol. The Kier molecular flexibility index (Phi) is 9.84. The molecule has 0 radical (unpaired) electrons. The average molecular weight is 539 g/mol. The fourth-order valence-corrected chi connectivity index (χ4v) is 4.70. The molecule has 0 aliphatic heterocycles. The quantitative estimate of drug-likeness (QED) is 0.337. The summed E-state index contributed by atoms with van der Waals surface area (Å²) in [5, 5.41) is 10.9. The highest BCUT2D eigenvalue weighted by molar-refractivity contribution is 7.98. The summed E-state index contributed by atoms with van der Waals surface area (Å²) in [6, 6.07) is 12.1. The van der Waals surface area contributed by atoms with Crippen LogP contribution in [0.1, 0.15) is 36.2 Å². The number of carboxylic acid groups (broad SMARTS) is 1. The van der Waals surface area contributed by atoms with E-state index in [9.17, 15) is 24.3 Å². The maximum atomic E-state index is 13.4. The first-order chi connectivity index (χ1) is 18.1. The lowest BCUT2D eigenvalue weighted by atomic mass is 9.98. The largest absolute Gasteiger partial charge is 0.480 e. The third-order valence-corrected chi connectivity index (χ3v) is 7.12. The third-order valence-electron chi connectivity index (χ3n) is 6.47. The van der Waals surface area contributed by atoms with E-state index in [2.05, 4.69) is 0 Å². The lowest BCUT2D eigenvalue weighted by molar-refractivity contribution is -0.159. The Balaban J connectivity index is 2.08. The molecular formula is C28H34N4O5S. The van der Waals surface area contributed by atoms with E-state index in [1.54, 1.807) is 68.6 Å². The van der Waals surface area contributed by atoms with Crippen LogP contribution in [0.3, 0.4) is 0 Å². The SMILES string of the molecule is CSCCC(N)C(=O)N(C(=O)C(N)C(C)C)C(Cc1cn(C(=O)c2ccccc2)c2ccccc12)C(=O)O. The topological polar surface area (TPSA) is 149 Å². The molecule has 0 aliphatic rings. The highest BCUT2D eigenvalue weighted by Crippen LogP contribution is 2.26. The molecule has 10 heteroatoms. The first-order valence-corrected chi connectivity index (χ1v) is 13.8. The number of benzene rings is 2. The minimum Gasteiger partial charge on any atom is -0.480 e. The summed E-state index contributed by atoms with van der Waals surface area (Å²) in [7, 11) is 0. The number of hydrogen-bond donors (Lipinski definition) is 3. The summed E-state index contributed by atoms with van der Waals surface area (Å²) in [5.41, 5.74) is 13.8. The normalized spacial score (nSPS) is 13.7. The number of para-hydroxylation sites is 1. The first-order valence-electron chi connectivity index (χ1n) is 12.4. The summed E-state index contributed by atoms with van der Waals surface area (Å²) < 4.78 is 1.46. The van der Waals surface area contributed by atoms with Crippen LogP contribution in [-0.4, -0.2) is 68.4 Å². The third kappa shape index (κ3) is 6.32. The summed E-state index contributed by atoms with van der Waals surface area (Å²) >= 11 is 1.49. The van der Waals surface area contributed by atoms with E-state index in [-0.39, 0.29) is 24.7 Å². The van der Waals surface area contributed by atoms with Gasteiger partial charge >= 0.3 is 5.97 Å². The Morgan fingerprint density at radius 3 is 2.21 bits per heavy atom. The summed E-state index contributed by atoms with van der Waals surface area (Å²) in [5.74, 6) is -2.99. The maximum absolute atomic E-state index is 13.4. The molecule has 0 spiro atoms. The second-order valence-corrected chi connectivity index (χ2v) is 10.5. The molecule has 38 heavy (non-hydrogen) atoms. The molecule has 2 amide bonds. The van der Waals surface area contributed by atoms with E-state index < -0.39 is 35.9 Å². The van der Waals surface area contributed by atoms with Gasteiger partial charge in [0.1, 0.15) is 6.04 Å². The van der Waals surface area contributed by atoms with Gasteiger partial charge < -0.3 is 16.6 Å². The zero-order chi connectivity index (χ0) is 28.0. The van der Waals surface area contributed by atoms with Crippen molar-refractivity contribution in [2.45, 2.75) is 44.8 Å². The number of hydrogen-bond acceptors (Lipinski definition) is 7. The van der Waals surface area contributed by atoms with Gasteiger partial charge in [0.25, 0.3) is 5.91 Å². The van der Waals surface area contributed by atoms with Gasteiger partial charge in [-0.25, -0.2) is 4.79 Å². The van der Waals surface area contributed by atoms with Crippen LogP contribution in [0.4, 0.5) is 0 Å². The Bertz CT molecular complexity index is 1310. The lowest BCUT2D eigenvalue weighted by Crippen LogP contribution is -2.59. The Hall–Kier alpha value is -3.47. The van der Waals surface area contributed by atoms with Crippen molar-refractivity contribution in [3.8, 4) is 0 Å². The number of fused-ring (bicyclic) bond motifs is 1.